The van der Waals surface area contributed by atoms with Gasteiger partial charge in [0.05, 0.1) is 5.69 Å². The molecule has 1 amide bonds. The van der Waals surface area contributed by atoms with Gasteiger partial charge in [0.2, 0.25) is 5.91 Å². The molecule has 0 aliphatic carbocycles. The zero-order valence-corrected chi connectivity index (χ0v) is 12.0. The Morgan fingerprint density at radius 3 is 2.79 bits per heavy atom. The molecule has 0 fully saturated rings. The SMILES string of the molecule is Cc1cccc(N[C@@H](C)C(=O)Nc2nc(C)cs2)c1. The first-order valence-corrected chi connectivity index (χ1v) is 6.99. The number of amides is 1. The molecule has 0 saturated heterocycles. The van der Waals surface area contributed by atoms with Crippen molar-refractivity contribution in [3.05, 3.63) is 40.9 Å². The van der Waals surface area contributed by atoms with Crippen molar-refractivity contribution in [1.82, 2.24) is 4.98 Å². The maximum Gasteiger partial charge on any atom is 0.248 e. The van der Waals surface area contributed by atoms with Crippen LogP contribution in [0.1, 0.15) is 18.2 Å². The third kappa shape index (κ3) is 3.79. The van der Waals surface area contributed by atoms with Crippen molar-refractivity contribution in [3.8, 4) is 0 Å². The van der Waals surface area contributed by atoms with E-state index in [9.17, 15) is 4.79 Å². The summed E-state index contributed by atoms with van der Waals surface area (Å²) in [5.41, 5.74) is 3.02. The lowest BCUT2D eigenvalue weighted by molar-refractivity contribution is -0.116. The van der Waals surface area contributed by atoms with Crippen LogP contribution in [-0.4, -0.2) is 16.9 Å². The number of nitrogens with one attached hydrogen (secondary N) is 2. The quantitative estimate of drug-likeness (QED) is 0.901. The highest BCUT2D eigenvalue weighted by atomic mass is 32.1. The average Bonchev–Trinajstić information content (AvgIpc) is 2.74. The van der Waals surface area contributed by atoms with Gasteiger partial charge in [0.25, 0.3) is 0 Å². The predicted molar refractivity (Wildman–Crippen MR) is 79.7 cm³/mol. The van der Waals surface area contributed by atoms with Gasteiger partial charge in [0, 0.05) is 11.1 Å². The molecule has 1 heterocycles. The highest BCUT2D eigenvalue weighted by molar-refractivity contribution is 7.13. The molecule has 2 rings (SSSR count). The van der Waals surface area contributed by atoms with E-state index in [-0.39, 0.29) is 11.9 Å². The average molecular weight is 275 g/mol. The number of benzene rings is 1. The van der Waals surface area contributed by atoms with Crippen LogP contribution in [0.4, 0.5) is 10.8 Å². The van der Waals surface area contributed by atoms with Crippen LogP contribution < -0.4 is 10.6 Å². The topological polar surface area (TPSA) is 54.0 Å². The van der Waals surface area contributed by atoms with E-state index in [1.807, 2.05) is 50.4 Å². The van der Waals surface area contributed by atoms with E-state index in [0.717, 1.165) is 16.9 Å². The van der Waals surface area contributed by atoms with Gasteiger partial charge in [-0.2, -0.15) is 0 Å². The van der Waals surface area contributed by atoms with Crippen LogP contribution >= 0.6 is 11.3 Å². The fourth-order valence-corrected chi connectivity index (χ4v) is 2.37. The van der Waals surface area contributed by atoms with Crippen LogP contribution in [0.3, 0.4) is 0 Å². The molecule has 2 aromatic rings. The number of nitrogens with zero attached hydrogens (tertiary/aromatic N) is 1. The molecule has 0 radical (unpaired) electrons. The minimum atomic E-state index is -0.314. The molecule has 19 heavy (non-hydrogen) atoms. The van der Waals surface area contributed by atoms with Crippen molar-refractivity contribution in [1.29, 1.82) is 0 Å². The number of anilines is 2. The fourth-order valence-electron chi connectivity index (χ4n) is 1.68. The molecule has 0 aliphatic rings. The summed E-state index contributed by atoms with van der Waals surface area (Å²) in [5, 5.41) is 8.53. The zero-order chi connectivity index (χ0) is 13.8. The number of aryl methyl sites for hydroxylation is 2. The van der Waals surface area contributed by atoms with E-state index < -0.39 is 0 Å². The van der Waals surface area contributed by atoms with Gasteiger partial charge in [0.1, 0.15) is 6.04 Å². The van der Waals surface area contributed by atoms with Crippen LogP contribution in [0.2, 0.25) is 0 Å². The molecule has 0 saturated carbocycles. The van der Waals surface area contributed by atoms with Gasteiger partial charge < -0.3 is 10.6 Å². The molecule has 2 N–H and O–H groups in total. The molecule has 0 bridgehead atoms. The van der Waals surface area contributed by atoms with Crippen molar-refractivity contribution in [2.45, 2.75) is 26.8 Å². The largest absolute Gasteiger partial charge is 0.374 e. The number of hydrogen-bond acceptors (Lipinski definition) is 4. The Balaban J connectivity index is 1.96. The van der Waals surface area contributed by atoms with E-state index in [4.69, 9.17) is 0 Å². The van der Waals surface area contributed by atoms with Crippen molar-refractivity contribution in [3.63, 3.8) is 0 Å². The number of hydrogen-bond donors (Lipinski definition) is 2. The molecule has 0 spiro atoms. The number of thiazole rings is 1. The zero-order valence-electron chi connectivity index (χ0n) is 11.2. The van der Waals surface area contributed by atoms with Gasteiger partial charge in [-0.15, -0.1) is 11.3 Å². The summed E-state index contributed by atoms with van der Waals surface area (Å²) in [6.45, 7) is 5.76. The van der Waals surface area contributed by atoms with E-state index in [0.29, 0.717) is 5.13 Å². The Hall–Kier alpha value is -1.88. The monoisotopic (exact) mass is 275 g/mol. The fraction of sp³-hybridized carbons (Fsp3) is 0.286. The molecule has 4 nitrogen and oxygen atoms in total. The Labute approximate surface area is 116 Å². The molecule has 5 heteroatoms. The Morgan fingerprint density at radius 1 is 1.37 bits per heavy atom. The third-order valence-electron chi connectivity index (χ3n) is 2.64. The predicted octanol–water partition coefficient (Wildman–Crippen LogP) is 3.20. The molecule has 1 atom stereocenters. The van der Waals surface area contributed by atoms with Crippen molar-refractivity contribution < 1.29 is 4.79 Å². The lowest BCUT2D eigenvalue weighted by atomic mass is 10.2. The number of carbonyl (C=O) groups excluding carboxylic acids is 1. The highest BCUT2D eigenvalue weighted by Crippen LogP contribution is 2.16. The Morgan fingerprint density at radius 2 is 2.16 bits per heavy atom. The molecule has 0 unspecified atom stereocenters. The van der Waals surface area contributed by atoms with Crippen LogP contribution in [0.5, 0.6) is 0 Å². The summed E-state index contributed by atoms with van der Waals surface area (Å²) >= 11 is 1.43. The van der Waals surface area contributed by atoms with Crippen LogP contribution in [0, 0.1) is 13.8 Å². The molecular formula is C14H17N3OS. The third-order valence-corrected chi connectivity index (χ3v) is 3.52. The highest BCUT2D eigenvalue weighted by Gasteiger charge is 2.14. The summed E-state index contributed by atoms with van der Waals surface area (Å²) in [6.07, 6.45) is 0. The Kier molecular flexibility index (Phi) is 4.16. The lowest BCUT2D eigenvalue weighted by Gasteiger charge is -2.14. The maximum atomic E-state index is 12.0. The maximum absolute atomic E-state index is 12.0. The van der Waals surface area contributed by atoms with Crippen molar-refractivity contribution in [2.75, 3.05) is 10.6 Å². The van der Waals surface area contributed by atoms with Gasteiger partial charge in [0.15, 0.2) is 5.13 Å². The summed E-state index contributed by atoms with van der Waals surface area (Å²) in [7, 11) is 0. The van der Waals surface area contributed by atoms with Crippen molar-refractivity contribution in [2.24, 2.45) is 0 Å². The van der Waals surface area contributed by atoms with Gasteiger partial charge in [-0.05, 0) is 38.5 Å². The first-order chi connectivity index (χ1) is 9.04. The minimum Gasteiger partial charge on any atom is -0.374 e. The minimum absolute atomic E-state index is 0.0872. The first-order valence-electron chi connectivity index (χ1n) is 6.11. The van der Waals surface area contributed by atoms with Crippen LogP contribution in [-0.2, 0) is 4.79 Å². The number of aromatic nitrogens is 1. The van der Waals surface area contributed by atoms with Gasteiger partial charge in [-0.25, -0.2) is 4.98 Å². The van der Waals surface area contributed by atoms with E-state index in [1.165, 1.54) is 11.3 Å². The second-order valence-electron chi connectivity index (χ2n) is 4.52. The molecular weight excluding hydrogens is 258 g/mol. The normalized spacial score (nSPS) is 11.9. The second-order valence-corrected chi connectivity index (χ2v) is 5.38. The van der Waals surface area contributed by atoms with Gasteiger partial charge in [-0.1, -0.05) is 12.1 Å². The lowest BCUT2D eigenvalue weighted by Crippen LogP contribution is -2.31. The standard InChI is InChI=1S/C14H17N3OS/c1-9-5-4-6-12(7-9)16-11(3)13(18)17-14-15-10(2)8-19-14/h4-8,11,16H,1-3H3,(H,15,17,18)/t11-/m0/s1. The van der Waals surface area contributed by atoms with Crippen LogP contribution in [0.25, 0.3) is 0 Å². The summed E-state index contributed by atoms with van der Waals surface area (Å²) in [6, 6.07) is 7.63. The van der Waals surface area contributed by atoms with E-state index in [1.54, 1.807) is 0 Å². The molecule has 1 aromatic carbocycles. The van der Waals surface area contributed by atoms with E-state index in [2.05, 4.69) is 15.6 Å². The smallest absolute Gasteiger partial charge is 0.248 e. The van der Waals surface area contributed by atoms with E-state index >= 15 is 0 Å². The van der Waals surface area contributed by atoms with Crippen molar-refractivity contribution >= 4 is 28.1 Å². The molecule has 100 valence electrons. The van der Waals surface area contributed by atoms with Crippen LogP contribution in [0.15, 0.2) is 29.6 Å². The summed E-state index contributed by atoms with van der Waals surface area (Å²) in [4.78, 5) is 16.2. The summed E-state index contributed by atoms with van der Waals surface area (Å²) < 4.78 is 0. The first kappa shape index (κ1) is 13.5. The second kappa shape index (κ2) is 5.84. The van der Waals surface area contributed by atoms with Gasteiger partial charge in [-0.3, -0.25) is 4.79 Å². The molecule has 1 aromatic heterocycles. The van der Waals surface area contributed by atoms with Gasteiger partial charge >= 0.3 is 0 Å². The number of carbonyl (C=O) groups is 1. The molecule has 0 aliphatic heterocycles. The summed E-state index contributed by atoms with van der Waals surface area (Å²) in [5.74, 6) is -0.0872. The number of rotatable bonds is 4. The Bertz CT molecular complexity index is 580.